The second-order valence-electron chi connectivity index (χ2n) is 4.22. The van der Waals surface area contributed by atoms with Crippen molar-refractivity contribution in [1.29, 1.82) is 0 Å². The van der Waals surface area contributed by atoms with E-state index in [4.69, 9.17) is 15.9 Å². The highest BCUT2D eigenvalue weighted by Crippen LogP contribution is 2.14. The summed E-state index contributed by atoms with van der Waals surface area (Å²) in [5.74, 6) is -2.59. The molecule has 0 aromatic rings. The Morgan fingerprint density at radius 2 is 1.94 bits per heavy atom. The van der Waals surface area contributed by atoms with Gasteiger partial charge in [-0.05, 0) is 12.3 Å². The van der Waals surface area contributed by atoms with Crippen LogP contribution in [0.5, 0.6) is 0 Å². The normalized spacial score (nSPS) is 16.4. The molecule has 0 bridgehead atoms. The standard InChI is InChI=1S/C10H20N2O5/c1-6(2)8(11)10(17,9(15)16)12-7(14)4-3-5-13/h6,8,13,17H,3-5,11H2,1-2H3,(H,12,14)(H,15,16)/t8?,10-/m0/s1. The molecule has 0 saturated heterocycles. The zero-order valence-corrected chi connectivity index (χ0v) is 10.0. The van der Waals surface area contributed by atoms with E-state index in [2.05, 4.69) is 0 Å². The zero-order chi connectivity index (χ0) is 13.6. The van der Waals surface area contributed by atoms with Crippen molar-refractivity contribution in [3.8, 4) is 0 Å². The fourth-order valence-electron chi connectivity index (χ4n) is 1.28. The van der Waals surface area contributed by atoms with Crippen LogP contribution in [0.3, 0.4) is 0 Å². The van der Waals surface area contributed by atoms with Crippen LogP contribution in [-0.4, -0.2) is 45.6 Å². The highest BCUT2D eigenvalue weighted by atomic mass is 16.4. The molecule has 0 spiro atoms. The Kier molecular flexibility index (Phi) is 6.08. The van der Waals surface area contributed by atoms with Crippen molar-refractivity contribution in [2.24, 2.45) is 11.7 Å². The Morgan fingerprint density at radius 3 is 2.29 bits per heavy atom. The molecule has 0 rings (SSSR count). The second-order valence-corrected chi connectivity index (χ2v) is 4.22. The van der Waals surface area contributed by atoms with Crippen molar-refractivity contribution in [1.82, 2.24) is 5.32 Å². The van der Waals surface area contributed by atoms with Gasteiger partial charge >= 0.3 is 5.97 Å². The number of aliphatic hydroxyl groups is 2. The van der Waals surface area contributed by atoms with E-state index >= 15 is 0 Å². The first kappa shape index (κ1) is 15.8. The molecule has 7 nitrogen and oxygen atoms in total. The maximum Gasteiger partial charge on any atom is 0.358 e. The molecule has 0 heterocycles. The summed E-state index contributed by atoms with van der Waals surface area (Å²) < 4.78 is 0. The topological polar surface area (TPSA) is 133 Å². The van der Waals surface area contributed by atoms with Crippen molar-refractivity contribution in [2.45, 2.75) is 38.5 Å². The van der Waals surface area contributed by atoms with E-state index < -0.39 is 23.6 Å². The van der Waals surface area contributed by atoms with Gasteiger partial charge < -0.3 is 26.4 Å². The summed E-state index contributed by atoms with van der Waals surface area (Å²) in [6.45, 7) is 3.09. The maximum absolute atomic E-state index is 11.3. The van der Waals surface area contributed by atoms with Crippen molar-refractivity contribution in [3.05, 3.63) is 0 Å². The molecular formula is C10H20N2O5. The number of carboxylic acid groups (broad SMARTS) is 1. The number of nitrogens with two attached hydrogens (primary N) is 1. The lowest BCUT2D eigenvalue weighted by Gasteiger charge is -2.32. The Hall–Kier alpha value is -1.18. The Bertz CT molecular complexity index is 282. The second kappa shape index (κ2) is 6.53. The minimum Gasteiger partial charge on any atom is -0.478 e. The number of hydrogen-bond donors (Lipinski definition) is 5. The lowest BCUT2D eigenvalue weighted by atomic mass is 9.93. The van der Waals surface area contributed by atoms with Gasteiger partial charge in [0.05, 0.1) is 6.04 Å². The molecule has 17 heavy (non-hydrogen) atoms. The average molecular weight is 248 g/mol. The summed E-state index contributed by atoms with van der Waals surface area (Å²) in [4.78, 5) is 22.3. The Morgan fingerprint density at radius 1 is 1.41 bits per heavy atom. The molecule has 100 valence electrons. The molecule has 0 aliphatic heterocycles. The van der Waals surface area contributed by atoms with Gasteiger partial charge in [0.2, 0.25) is 5.91 Å². The van der Waals surface area contributed by atoms with Crippen LogP contribution < -0.4 is 11.1 Å². The molecule has 1 amide bonds. The summed E-state index contributed by atoms with van der Waals surface area (Å²) >= 11 is 0. The number of nitrogens with one attached hydrogen (secondary N) is 1. The van der Waals surface area contributed by atoms with Gasteiger partial charge in [-0.25, -0.2) is 4.79 Å². The van der Waals surface area contributed by atoms with Crippen LogP contribution in [0.25, 0.3) is 0 Å². The van der Waals surface area contributed by atoms with E-state index in [0.717, 1.165) is 0 Å². The number of aliphatic carboxylic acids is 1. The largest absolute Gasteiger partial charge is 0.478 e. The predicted molar refractivity (Wildman–Crippen MR) is 59.9 cm³/mol. The lowest BCUT2D eigenvalue weighted by Crippen LogP contribution is -2.66. The fourth-order valence-corrected chi connectivity index (χ4v) is 1.28. The number of amides is 1. The zero-order valence-electron chi connectivity index (χ0n) is 10.0. The van der Waals surface area contributed by atoms with Crippen LogP contribution in [0, 0.1) is 5.92 Å². The van der Waals surface area contributed by atoms with Crippen LogP contribution in [0.1, 0.15) is 26.7 Å². The minimum absolute atomic E-state index is 0.0725. The molecular weight excluding hydrogens is 228 g/mol. The summed E-state index contributed by atoms with van der Waals surface area (Å²) in [6.07, 6.45) is 0.120. The summed E-state index contributed by atoms with van der Waals surface area (Å²) in [7, 11) is 0. The first-order valence-corrected chi connectivity index (χ1v) is 5.39. The third-order valence-electron chi connectivity index (χ3n) is 2.42. The van der Waals surface area contributed by atoms with Gasteiger partial charge in [-0.3, -0.25) is 4.79 Å². The first-order chi connectivity index (χ1) is 7.75. The molecule has 0 radical (unpaired) electrons. The molecule has 0 fully saturated rings. The van der Waals surface area contributed by atoms with E-state index in [1.165, 1.54) is 0 Å². The number of aliphatic hydroxyl groups excluding tert-OH is 1. The average Bonchev–Trinajstić information content (AvgIpc) is 2.24. The monoisotopic (exact) mass is 248 g/mol. The van der Waals surface area contributed by atoms with Crippen molar-refractivity contribution >= 4 is 11.9 Å². The quantitative estimate of drug-likeness (QED) is 0.353. The van der Waals surface area contributed by atoms with Crippen molar-refractivity contribution < 1.29 is 24.9 Å². The number of rotatable bonds is 7. The third kappa shape index (κ3) is 4.29. The molecule has 2 atom stereocenters. The van der Waals surface area contributed by atoms with E-state index in [1.54, 1.807) is 13.8 Å². The van der Waals surface area contributed by atoms with Crippen LogP contribution in [-0.2, 0) is 9.59 Å². The van der Waals surface area contributed by atoms with Crippen molar-refractivity contribution in [2.75, 3.05) is 6.61 Å². The first-order valence-electron chi connectivity index (χ1n) is 5.39. The third-order valence-corrected chi connectivity index (χ3v) is 2.42. The van der Waals surface area contributed by atoms with Gasteiger partial charge in [-0.1, -0.05) is 13.8 Å². The highest BCUT2D eigenvalue weighted by Gasteiger charge is 2.45. The molecule has 0 aromatic heterocycles. The van der Waals surface area contributed by atoms with Crippen LogP contribution in [0.4, 0.5) is 0 Å². The van der Waals surface area contributed by atoms with Crippen LogP contribution in [0.2, 0.25) is 0 Å². The molecule has 0 aliphatic rings. The molecule has 1 unspecified atom stereocenters. The number of hydrogen-bond acceptors (Lipinski definition) is 5. The number of carbonyl (C=O) groups is 2. The fraction of sp³-hybridized carbons (Fsp3) is 0.800. The molecule has 7 heteroatoms. The van der Waals surface area contributed by atoms with Gasteiger partial charge in [-0.15, -0.1) is 0 Å². The summed E-state index contributed by atoms with van der Waals surface area (Å²) in [5, 5.41) is 29.3. The minimum atomic E-state index is -2.49. The Labute approximate surface area is 99.6 Å². The lowest BCUT2D eigenvalue weighted by molar-refractivity contribution is -0.170. The van der Waals surface area contributed by atoms with Crippen LogP contribution in [0.15, 0.2) is 0 Å². The number of carbonyl (C=O) groups excluding carboxylic acids is 1. The summed E-state index contributed by atoms with van der Waals surface area (Å²) in [5.41, 5.74) is 3.09. The van der Waals surface area contributed by atoms with E-state index in [9.17, 15) is 14.7 Å². The smallest absolute Gasteiger partial charge is 0.358 e. The van der Waals surface area contributed by atoms with E-state index in [-0.39, 0.29) is 25.4 Å². The van der Waals surface area contributed by atoms with Gasteiger partial charge in [0.1, 0.15) is 0 Å². The maximum atomic E-state index is 11.3. The predicted octanol–water partition coefficient (Wildman–Crippen LogP) is -1.37. The van der Waals surface area contributed by atoms with Gasteiger partial charge in [0, 0.05) is 13.0 Å². The van der Waals surface area contributed by atoms with Gasteiger partial charge in [0.15, 0.2) is 0 Å². The molecule has 0 aliphatic carbocycles. The molecule has 0 aromatic carbocycles. The SMILES string of the molecule is CC(C)C(N)[C@@](O)(NC(=O)CCCO)C(=O)O. The van der Waals surface area contributed by atoms with Crippen LogP contribution >= 0.6 is 0 Å². The number of carboxylic acids is 1. The Balaban J connectivity index is 4.74. The van der Waals surface area contributed by atoms with Gasteiger partial charge in [0.25, 0.3) is 5.72 Å². The van der Waals surface area contributed by atoms with E-state index in [1.807, 2.05) is 5.32 Å². The van der Waals surface area contributed by atoms with E-state index in [0.29, 0.717) is 0 Å². The molecule has 6 N–H and O–H groups in total. The highest BCUT2D eigenvalue weighted by molar-refractivity contribution is 5.86. The van der Waals surface area contributed by atoms with Crippen molar-refractivity contribution in [3.63, 3.8) is 0 Å². The molecule has 0 saturated carbocycles. The van der Waals surface area contributed by atoms with Gasteiger partial charge in [-0.2, -0.15) is 0 Å². The summed E-state index contributed by atoms with van der Waals surface area (Å²) in [6, 6.07) is -1.13.